The highest BCUT2D eigenvalue weighted by atomic mass is 32.1. The van der Waals surface area contributed by atoms with E-state index < -0.39 is 0 Å². The first kappa shape index (κ1) is 20.2. The predicted molar refractivity (Wildman–Crippen MR) is 119 cm³/mol. The lowest BCUT2D eigenvalue weighted by atomic mass is 10.1. The second-order valence-corrected chi connectivity index (χ2v) is 8.48. The Bertz CT molecular complexity index is 1040. The van der Waals surface area contributed by atoms with Gasteiger partial charge in [-0.25, -0.2) is 0 Å². The molecule has 154 valence electrons. The molecule has 0 spiro atoms. The smallest absolute Gasteiger partial charge is 0.258 e. The van der Waals surface area contributed by atoms with Gasteiger partial charge in [0.1, 0.15) is 5.75 Å². The molecular weight excluding hydrogens is 396 g/mol. The fourth-order valence-electron chi connectivity index (χ4n) is 3.78. The van der Waals surface area contributed by atoms with Crippen molar-refractivity contribution in [3.8, 4) is 5.75 Å². The minimum atomic E-state index is -0.0252. The third-order valence-corrected chi connectivity index (χ3v) is 6.20. The topological polar surface area (TPSA) is 58.6 Å². The van der Waals surface area contributed by atoms with Crippen molar-refractivity contribution < 1.29 is 14.3 Å². The number of nitrogens with one attached hydrogen (secondary N) is 1. The summed E-state index contributed by atoms with van der Waals surface area (Å²) in [4.78, 5) is 28.3. The van der Waals surface area contributed by atoms with Gasteiger partial charge in [-0.1, -0.05) is 18.2 Å². The highest BCUT2D eigenvalue weighted by Crippen LogP contribution is 2.34. The Morgan fingerprint density at radius 3 is 2.67 bits per heavy atom. The van der Waals surface area contributed by atoms with Gasteiger partial charge in [0.05, 0.1) is 13.5 Å². The van der Waals surface area contributed by atoms with Crippen LogP contribution in [0.1, 0.15) is 33.3 Å². The van der Waals surface area contributed by atoms with E-state index in [0.717, 1.165) is 33.9 Å². The predicted octanol–water partition coefficient (Wildman–Crippen LogP) is 4.21. The molecule has 1 aromatic heterocycles. The number of hydrogen-bond donors (Lipinski definition) is 1. The quantitative estimate of drug-likeness (QED) is 0.650. The van der Waals surface area contributed by atoms with Crippen molar-refractivity contribution in [1.29, 1.82) is 0 Å². The van der Waals surface area contributed by atoms with Gasteiger partial charge < -0.3 is 15.0 Å². The Balaban J connectivity index is 1.48. The van der Waals surface area contributed by atoms with Crippen LogP contribution in [0.3, 0.4) is 0 Å². The molecular formula is C24H24N2O3S. The molecule has 0 radical (unpaired) electrons. The maximum Gasteiger partial charge on any atom is 0.258 e. The van der Waals surface area contributed by atoms with Gasteiger partial charge in [0, 0.05) is 28.7 Å². The number of methoxy groups -OCH3 is 1. The number of thiophene rings is 1. The Morgan fingerprint density at radius 2 is 1.97 bits per heavy atom. The number of amides is 2. The first-order chi connectivity index (χ1) is 14.5. The molecule has 1 unspecified atom stereocenters. The molecule has 2 heterocycles. The molecule has 0 fully saturated rings. The van der Waals surface area contributed by atoms with Crippen molar-refractivity contribution in [1.82, 2.24) is 5.32 Å². The van der Waals surface area contributed by atoms with Crippen LogP contribution in [0.4, 0.5) is 5.69 Å². The molecule has 3 aromatic rings. The molecule has 0 aliphatic carbocycles. The molecule has 6 heteroatoms. The summed E-state index contributed by atoms with van der Waals surface area (Å²) in [5, 5.41) is 4.95. The van der Waals surface area contributed by atoms with E-state index in [-0.39, 0.29) is 17.9 Å². The molecule has 5 nitrogen and oxygen atoms in total. The number of carbonyl (C=O) groups excluding carboxylic acids is 2. The molecule has 0 saturated carbocycles. The van der Waals surface area contributed by atoms with Crippen LogP contribution >= 0.6 is 11.3 Å². The first-order valence-corrected chi connectivity index (χ1v) is 10.8. The van der Waals surface area contributed by atoms with E-state index in [1.165, 1.54) is 0 Å². The summed E-state index contributed by atoms with van der Waals surface area (Å²) in [6.45, 7) is 2.50. The summed E-state index contributed by atoms with van der Waals surface area (Å²) in [6, 6.07) is 17.3. The number of benzene rings is 2. The second kappa shape index (κ2) is 8.71. The molecule has 1 aliphatic rings. The summed E-state index contributed by atoms with van der Waals surface area (Å²) in [6.07, 6.45) is 1.21. The van der Waals surface area contributed by atoms with Gasteiger partial charge in [0.15, 0.2) is 0 Å². The van der Waals surface area contributed by atoms with E-state index in [0.29, 0.717) is 18.5 Å². The highest BCUT2D eigenvalue weighted by Gasteiger charge is 2.31. The zero-order valence-corrected chi connectivity index (χ0v) is 17.9. The van der Waals surface area contributed by atoms with E-state index >= 15 is 0 Å². The van der Waals surface area contributed by atoms with Crippen LogP contribution in [-0.2, 0) is 24.2 Å². The average molecular weight is 421 g/mol. The molecule has 4 rings (SSSR count). The number of rotatable bonds is 6. The monoisotopic (exact) mass is 420 g/mol. The third-order valence-electron chi connectivity index (χ3n) is 5.33. The van der Waals surface area contributed by atoms with Crippen molar-refractivity contribution in [3.05, 3.63) is 81.5 Å². The van der Waals surface area contributed by atoms with Crippen molar-refractivity contribution in [2.45, 2.75) is 32.4 Å². The van der Waals surface area contributed by atoms with E-state index in [1.54, 1.807) is 42.7 Å². The number of ether oxygens (including phenoxy) is 1. The van der Waals surface area contributed by atoms with Gasteiger partial charge in [0.2, 0.25) is 5.91 Å². The number of fused-ring (bicyclic) bond motifs is 1. The van der Waals surface area contributed by atoms with Crippen molar-refractivity contribution >= 4 is 28.8 Å². The SMILES string of the molecule is COc1ccc(C(=O)N2c3cc(CNC(=O)Cc4cccs4)ccc3CC2C)cc1. The van der Waals surface area contributed by atoms with E-state index in [1.807, 2.05) is 34.5 Å². The van der Waals surface area contributed by atoms with Gasteiger partial charge in [-0.15, -0.1) is 11.3 Å². The van der Waals surface area contributed by atoms with Crippen LogP contribution in [0, 0.1) is 0 Å². The van der Waals surface area contributed by atoms with Gasteiger partial charge in [-0.05, 0) is 66.2 Å². The number of anilines is 1. The Labute approximate surface area is 180 Å². The Morgan fingerprint density at radius 1 is 1.17 bits per heavy atom. The van der Waals surface area contributed by atoms with Gasteiger partial charge in [-0.3, -0.25) is 9.59 Å². The second-order valence-electron chi connectivity index (χ2n) is 7.45. The average Bonchev–Trinajstić information content (AvgIpc) is 3.38. The zero-order valence-electron chi connectivity index (χ0n) is 17.1. The van der Waals surface area contributed by atoms with Gasteiger partial charge in [0.25, 0.3) is 5.91 Å². The third kappa shape index (κ3) is 4.24. The molecule has 30 heavy (non-hydrogen) atoms. The van der Waals surface area contributed by atoms with Gasteiger partial charge in [-0.2, -0.15) is 0 Å². The summed E-state index contributed by atoms with van der Waals surface area (Å²) in [7, 11) is 1.61. The lowest BCUT2D eigenvalue weighted by Gasteiger charge is -2.23. The molecule has 1 atom stereocenters. The number of nitrogens with zero attached hydrogens (tertiary/aromatic N) is 1. The largest absolute Gasteiger partial charge is 0.497 e. The molecule has 1 N–H and O–H groups in total. The van der Waals surface area contributed by atoms with Crippen molar-refractivity contribution in [2.24, 2.45) is 0 Å². The van der Waals surface area contributed by atoms with Crippen LogP contribution in [-0.4, -0.2) is 25.0 Å². The van der Waals surface area contributed by atoms with Crippen LogP contribution in [0.2, 0.25) is 0 Å². The van der Waals surface area contributed by atoms with Crippen molar-refractivity contribution in [3.63, 3.8) is 0 Å². The normalized spacial score (nSPS) is 15.0. The fourth-order valence-corrected chi connectivity index (χ4v) is 4.48. The molecule has 0 bridgehead atoms. The van der Waals surface area contributed by atoms with Crippen LogP contribution in [0.25, 0.3) is 0 Å². The minimum Gasteiger partial charge on any atom is -0.497 e. The van der Waals surface area contributed by atoms with Crippen molar-refractivity contribution in [2.75, 3.05) is 12.0 Å². The highest BCUT2D eigenvalue weighted by molar-refractivity contribution is 7.10. The van der Waals surface area contributed by atoms with E-state index in [4.69, 9.17) is 4.74 Å². The maximum atomic E-state index is 13.2. The standard InChI is InChI=1S/C24H24N2O3S/c1-16-12-19-6-5-17(15-25-23(27)14-21-4-3-11-30-21)13-22(19)26(16)24(28)18-7-9-20(29-2)10-8-18/h3-11,13,16H,12,14-15H2,1-2H3,(H,25,27). The fraction of sp³-hybridized carbons (Fsp3) is 0.250. The molecule has 1 aliphatic heterocycles. The maximum absolute atomic E-state index is 13.2. The van der Waals surface area contributed by atoms with Gasteiger partial charge >= 0.3 is 0 Å². The summed E-state index contributed by atoms with van der Waals surface area (Å²) in [5.41, 5.74) is 3.69. The molecule has 0 saturated heterocycles. The van der Waals surface area contributed by atoms with E-state index in [9.17, 15) is 9.59 Å². The van der Waals surface area contributed by atoms with E-state index in [2.05, 4.69) is 18.3 Å². The summed E-state index contributed by atoms with van der Waals surface area (Å²) in [5.74, 6) is 0.697. The van der Waals surface area contributed by atoms with Crippen LogP contribution in [0.15, 0.2) is 60.0 Å². The van der Waals surface area contributed by atoms with Crippen LogP contribution in [0.5, 0.6) is 5.75 Å². The summed E-state index contributed by atoms with van der Waals surface area (Å²) < 4.78 is 5.19. The van der Waals surface area contributed by atoms with Crippen LogP contribution < -0.4 is 15.0 Å². The number of carbonyl (C=O) groups is 2. The molecule has 2 aromatic carbocycles. The zero-order chi connectivity index (χ0) is 21.1. The lowest BCUT2D eigenvalue weighted by molar-refractivity contribution is -0.120. The first-order valence-electron chi connectivity index (χ1n) is 9.93. The Hall–Kier alpha value is -3.12. The summed E-state index contributed by atoms with van der Waals surface area (Å²) >= 11 is 1.58. The minimum absolute atomic E-state index is 0.00233. The lowest BCUT2D eigenvalue weighted by Crippen LogP contribution is -2.35. The molecule has 2 amide bonds. The Kier molecular flexibility index (Phi) is 5.86. The number of hydrogen-bond acceptors (Lipinski definition) is 4.